The van der Waals surface area contributed by atoms with Crippen LogP contribution >= 0.6 is 0 Å². The molecular weight excluding hydrogens is 222 g/mol. The van der Waals surface area contributed by atoms with Crippen molar-refractivity contribution in [1.29, 1.82) is 0 Å². The van der Waals surface area contributed by atoms with E-state index in [4.69, 9.17) is 9.84 Å². The van der Waals surface area contributed by atoms with Crippen molar-refractivity contribution in [2.24, 2.45) is 5.92 Å². The normalized spacial score (nSPS) is 24.9. The monoisotopic (exact) mass is 243 g/mol. The number of likely N-dealkylation sites (N-methyl/N-ethyl adjacent to an activating group) is 1. The number of nitrogens with zero attached hydrogens (tertiary/aromatic N) is 1. The van der Waals surface area contributed by atoms with Crippen LogP contribution in [0, 0.1) is 5.92 Å². The van der Waals surface area contributed by atoms with Gasteiger partial charge in [0.2, 0.25) is 5.91 Å². The van der Waals surface area contributed by atoms with E-state index in [-0.39, 0.29) is 5.91 Å². The molecule has 0 bridgehead atoms. The van der Waals surface area contributed by atoms with Crippen LogP contribution in [0.1, 0.15) is 33.1 Å². The van der Waals surface area contributed by atoms with Gasteiger partial charge >= 0.3 is 5.97 Å². The lowest BCUT2D eigenvalue weighted by Crippen LogP contribution is -2.42. The highest BCUT2D eigenvalue weighted by molar-refractivity contribution is 5.83. The van der Waals surface area contributed by atoms with Crippen molar-refractivity contribution in [1.82, 2.24) is 4.90 Å². The zero-order chi connectivity index (χ0) is 13.0. The maximum atomic E-state index is 11.8. The molecule has 5 nitrogen and oxygen atoms in total. The summed E-state index contributed by atoms with van der Waals surface area (Å²) in [5, 5.41) is 8.80. The molecule has 0 spiro atoms. The van der Waals surface area contributed by atoms with Gasteiger partial charge in [-0.2, -0.15) is 0 Å². The number of ether oxygens (including phenoxy) is 1. The molecule has 1 saturated carbocycles. The van der Waals surface area contributed by atoms with E-state index in [1.807, 2.05) is 6.92 Å². The molecule has 0 heterocycles. The van der Waals surface area contributed by atoms with E-state index in [0.717, 1.165) is 12.8 Å². The molecule has 1 atom stereocenters. The van der Waals surface area contributed by atoms with Crippen LogP contribution in [0.15, 0.2) is 0 Å². The standard InChI is InChI=1S/C12H21NO4/c1-4-17-10-5-9(6-10)7-11(14)13(3)8(2)12(15)16/h8-10H,4-7H2,1-3H3,(H,15,16). The zero-order valence-electron chi connectivity index (χ0n) is 10.7. The van der Waals surface area contributed by atoms with E-state index in [9.17, 15) is 9.59 Å². The smallest absolute Gasteiger partial charge is 0.326 e. The number of rotatable bonds is 6. The van der Waals surface area contributed by atoms with Crippen LogP contribution in [0.25, 0.3) is 0 Å². The number of carboxylic acid groups (broad SMARTS) is 1. The first kappa shape index (κ1) is 14.0. The van der Waals surface area contributed by atoms with Gasteiger partial charge in [0.1, 0.15) is 6.04 Å². The molecule has 17 heavy (non-hydrogen) atoms. The van der Waals surface area contributed by atoms with E-state index in [1.54, 1.807) is 7.05 Å². The molecule has 0 aromatic carbocycles. The molecule has 1 aliphatic rings. The van der Waals surface area contributed by atoms with Crippen molar-refractivity contribution >= 4 is 11.9 Å². The Labute approximate surface area is 102 Å². The number of hydrogen-bond donors (Lipinski definition) is 1. The third kappa shape index (κ3) is 3.70. The highest BCUT2D eigenvalue weighted by Crippen LogP contribution is 2.33. The number of carbonyl (C=O) groups is 2. The van der Waals surface area contributed by atoms with Crippen LogP contribution in [0.2, 0.25) is 0 Å². The Morgan fingerprint density at radius 3 is 2.53 bits per heavy atom. The average molecular weight is 243 g/mol. The van der Waals surface area contributed by atoms with Gasteiger partial charge in [-0.1, -0.05) is 0 Å². The second-order valence-electron chi connectivity index (χ2n) is 4.64. The third-order valence-electron chi connectivity index (χ3n) is 3.39. The SMILES string of the molecule is CCOC1CC(CC(=O)N(C)C(C)C(=O)O)C1. The molecule has 1 fully saturated rings. The second-order valence-corrected chi connectivity index (χ2v) is 4.64. The van der Waals surface area contributed by atoms with Gasteiger partial charge in [0.05, 0.1) is 6.10 Å². The van der Waals surface area contributed by atoms with Crippen molar-refractivity contribution < 1.29 is 19.4 Å². The summed E-state index contributed by atoms with van der Waals surface area (Å²) in [6.45, 7) is 4.19. The van der Waals surface area contributed by atoms with Crippen molar-refractivity contribution in [2.45, 2.75) is 45.3 Å². The van der Waals surface area contributed by atoms with Crippen LogP contribution in [0.3, 0.4) is 0 Å². The Balaban J connectivity index is 2.29. The van der Waals surface area contributed by atoms with Crippen molar-refractivity contribution in [2.75, 3.05) is 13.7 Å². The fourth-order valence-electron chi connectivity index (χ4n) is 1.99. The molecule has 5 heteroatoms. The molecule has 1 rings (SSSR count). The van der Waals surface area contributed by atoms with Crippen molar-refractivity contribution in [3.8, 4) is 0 Å². The largest absolute Gasteiger partial charge is 0.480 e. The number of hydrogen-bond acceptors (Lipinski definition) is 3. The summed E-state index contributed by atoms with van der Waals surface area (Å²) in [6.07, 6.45) is 2.54. The van der Waals surface area contributed by atoms with Crippen LogP contribution in [-0.4, -0.2) is 47.7 Å². The summed E-state index contributed by atoms with van der Waals surface area (Å²) in [4.78, 5) is 23.8. The molecule has 0 radical (unpaired) electrons. The summed E-state index contributed by atoms with van der Waals surface area (Å²) in [7, 11) is 1.54. The number of aliphatic carboxylic acids is 1. The predicted molar refractivity (Wildman–Crippen MR) is 62.6 cm³/mol. The summed E-state index contributed by atoms with van der Waals surface area (Å²) in [5.74, 6) is -0.719. The van der Waals surface area contributed by atoms with E-state index in [1.165, 1.54) is 11.8 Å². The first-order valence-electron chi connectivity index (χ1n) is 6.05. The molecular formula is C12H21NO4. The van der Waals surface area contributed by atoms with E-state index in [0.29, 0.717) is 25.0 Å². The minimum atomic E-state index is -0.971. The van der Waals surface area contributed by atoms with Crippen molar-refractivity contribution in [3.63, 3.8) is 0 Å². The van der Waals surface area contributed by atoms with Gasteiger partial charge in [0.15, 0.2) is 0 Å². The Hall–Kier alpha value is -1.10. The molecule has 0 saturated heterocycles. The van der Waals surface area contributed by atoms with Crippen molar-refractivity contribution in [3.05, 3.63) is 0 Å². The summed E-state index contributed by atoms with van der Waals surface area (Å²) in [5.41, 5.74) is 0. The van der Waals surface area contributed by atoms with Gasteiger partial charge < -0.3 is 14.7 Å². The Kier molecular flexibility index (Phi) is 4.93. The quantitative estimate of drug-likeness (QED) is 0.759. The van der Waals surface area contributed by atoms with Crippen LogP contribution < -0.4 is 0 Å². The Bertz CT molecular complexity index is 286. The van der Waals surface area contributed by atoms with E-state index < -0.39 is 12.0 Å². The lowest BCUT2D eigenvalue weighted by Gasteiger charge is -2.35. The van der Waals surface area contributed by atoms with E-state index in [2.05, 4.69) is 0 Å². The van der Waals surface area contributed by atoms with Gasteiger partial charge in [-0.15, -0.1) is 0 Å². The molecule has 1 unspecified atom stereocenters. The number of carboxylic acids is 1. The molecule has 1 N–H and O–H groups in total. The van der Waals surface area contributed by atoms with Crippen LogP contribution in [0.4, 0.5) is 0 Å². The average Bonchev–Trinajstić information content (AvgIpc) is 2.23. The fraction of sp³-hybridized carbons (Fsp3) is 0.833. The highest BCUT2D eigenvalue weighted by atomic mass is 16.5. The zero-order valence-corrected chi connectivity index (χ0v) is 10.7. The van der Waals surface area contributed by atoms with Crippen LogP contribution in [0.5, 0.6) is 0 Å². The summed E-state index contributed by atoms with van der Waals surface area (Å²) in [6, 6.07) is -0.759. The second kappa shape index (κ2) is 6.00. The molecule has 0 aromatic heterocycles. The first-order chi connectivity index (χ1) is 7.95. The maximum absolute atomic E-state index is 11.8. The maximum Gasteiger partial charge on any atom is 0.326 e. The molecule has 98 valence electrons. The molecule has 0 aliphatic heterocycles. The van der Waals surface area contributed by atoms with Crippen LogP contribution in [-0.2, 0) is 14.3 Å². The molecule has 1 amide bonds. The minimum absolute atomic E-state index is 0.0974. The summed E-state index contributed by atoms with van der Waals surface area (Å²) >= 11 is 0. The minimum Gasteiger partial charge on any atom is -0.480 e. The lowest BCUT2D eigenvalue weighted by atomic mass is 9.79. The van der Waals surface area contributed by atoms with E-state index >= 15 is 0 Å². The molecule has 1 aliphatic carbocycles. The topological polar surface area (TPSA) is 66.8 Å². The highest BCUT2D eigenvalue weighted by Gasteiger charge is 2.33. The van der Waals surface area contributed by atoms with Gasteiger partial charge in [0, 0.05) is 20.1 Å². The first-order valence-corrected chi connectivity index (χ1v) is 6.05. The van der Waals surface area contributed by atoms with Gasteiger partial charge in [-0.05, 0) is 32.6 Å². The third-order valence-corrected chi connectivity index (χ3v) is 3.39. The number of carbonyl (C=O) groups excluding carboxylic acids is 1. The molecule has 0 aromatic rings. The fourth-order valence-corrected chi connectivity index (χ4v) is 1.99. The predicted octanol–water partition coefficient (Wildman–Crippen LogP) is 1.12. The van der Waals surface area contributed by atoms with Gasteiger partial charge in [0.25, 0.3) is 0 Å². The lowest BCUT2D eigenvalue weighted by molar-refractivity contribution is -0.149. The Morgan fingerprint density at radius 2 is 2.06 bits per heavy atom. The number of amides is 1. The van der Waals surface area contributed by atoms with Gasteiger partial charge in [-0.3, -0.25) is 4.79 Å². The summed E-state index contributed by atoms with van der Waals surface area (Å²) < 4.78 is 5.42. The Morgan fingerprint density at radius 1 is 1.47 bits per heavy atom. The van der Waals surface area contributed by atoms with Gasteiger partial charge in [-0.25, -0.2) is 4.79 Å².